The second-order valence-electron chi connectivity index (χ2n) is 10.8. The fourth-order valence-electron chi connectivity index (χ4n) is 4.86. The van der Waals surface area contributed by atoms with E-state index < -0.39 is 0 Å². The average Bonchev–Trinajstić information content (AvgIpc) is 2.76. The maximum absolute atomic E-state index is 9.86. The first-order chi connectivity index (χ1) is 15.7. The topological polar surface area (TPSA) is 23.5 Å². The highest BCUT2D eigenvalue weighted by atomic mass is 16.3. The molecule has 0 aromatic carbocycles. The molecular weight excluding hydrogens is 390 g/mol. The molecule has 1 N–H and O–H groups in total. The second-order valence-corrected chi connectivity index (χ2v) is 10.8. The molecule has 2 nitrogen and oxygen atoms in total. The zero-order chi connectivity index (χ0) is 23.5. The van der Waals surface area contributed by atoms with Crippen molar-refractivity contribution < 1.29 is 5.11 Å². The molecule has 0 aliphatic rings. The third-order valence-electron chi connectivity index (χ3n) is 6.97. The van der Waals surface area contributed by atoms with Crippen LogP contribution in [0.2, 0.25) is 0 Å². The lowest BCUT2D eigenvalue weighted by molar-refractivity contribution is 0.125. The Hall–Kier alpha value is -0.0800. The smallest absolute Gasteiger partial charge is 0.0666 e. The van der Waals surface area contributed by atoms with E-state index >= 15 is 0 Å². The van der Waals surface area contributed by atoms with Crippen LogP contribution in [-0.4, -0.2) is 36.8 Å². The summed E-state index contributed by atoms with van der Waals surface area (Å²) in [4.78, 5) is 2.07. The highest BCUT2D eigenvalue weighted by Gasteiger charge is 2.04. The van der Waals surface area contributed by atoms with Gasteiger partial charge in [-0.3, -0.25) is 0 Å². The molecule has 0 saturated heterocycles. The summed E-state index contributed by atoms with van der Waals surface area (Å²) in [6.07, 6.45) is 35.2. The predicted molar refractivity (Wildman–Crippen MR) is 146 cm³/mol. The van der Waals surface area contributed by atoms with Gasteiger partial charge in [-0.2, -0.15) is 0 Å². The Morgan fingerprint density at radius 3 is 0.938 bits per heavy atom. The Bertz CT molecular complexity index is 331. The molecule has 0 heterocycles. The minimum absolute atomic E-state index is 0.135. The van der Waals surface area contributed by atoms with E-state index in [1.807, 2.05) is 14.1 Å². The second kappa shape index (κ2) is 27.2. The minimum Gasteiger partial charge on any atom is -0.392 e. The summed E-state index contributed by atoms with van der Waals surface area (Å²) >= 11 is 0. The summed E-state index contributed by atoms with van der Waals surface area (Å²) in [6, 6.07) is 0. The van der Waals surface area contributed by atoms with Crippen molar-refractivity contribution in [3.63, 3.8) is 0 Å². The Kier molecular flexibility index (Phi) is 27.1. The van der Waals surface area contributed by atoms with E-state index in [2.05, 4.69) is 11.8 Å². The lowest BCUT2D eigenvalue weighted by Crippen LogP contribution is -2.25. The van der Waals surface area contributed by atoms with Crippen LogP contribution in [0, 0.1) is 0 Å². The van der Waals surface area contributed by atoms with Crippen molar-refractivity contribution in [1.29, 1.82) is 0 Å². The molecule has 0 aromatic heterocycles. The van der Waals surface area contributed by atoms with Gasteiger partial charge in [0.2, 0.25) is 0 Å². The van der Waals surface area contributed by atoms with Crippen molar-refractivity contribution in [2.45, 2.75) is 174 Å². The molecule has 0 spiro atoms. The van der Waals surface area contributed by atoms with Crippen LogP contribution in [0.3, 0.4) is 0 Å². The lowest BCUT2D eigenvalue weighted by atomic mass is 10.0. The standard InChI is InChI=1S/C30H63NO/c1-4-5-6-7-8-9-10-11-12-13-14-15-16-17-18-19-20-21-22-23-24-25-26-27-28-30(32)29-31(2)3/h30,32H,4-29H2,1-3H3. The van der Waals surface area contributed by atoms with Crippen molar-refractivity contribution in [1.82, 2.24) is 4.90 Å². The molecule has 1 atom stereocenters. The number of rotatable bonds is 27. The van der Waals surface area contributed by atoms with Gasteiger partial charge in [-0.05, 0) is 20.5 Å². The molecule has 0 bridgehead atoms. The monoisotopic (exact) mass is 453 g/mol. The third kappa shape index (κ3) is 28.0. The maximum atomic E-state index is 9.86. The number of nitrogens with zero attached hydrogens (tertiary/aromatic N) is 1. The molecule has 0 saturated carbocycles. The fourth-order valence-corrected chi connectivity index (χ4v) is 4.86. The van der Waals surface area contributed by atoms with Gasteiger partial charge in [0.1, 0.15) is 0 Å². The highest BCUT2D eigenvalue weighted by molar-refractivity contribution is 4.59. The summed E-state index contributed by atoms with van der Waals surface area (Å²) in [7, 11) is 4.06. The van der Waals surface area contributed by atoms with E-state index in [9.17, 15) is 5.11 Å². The number of unbranched alkanes of at least 4 members (excludes halogenated alkanes) is 23. The van der Waals surface area contributed by atoms with Crippen LogP contribution >= 0.6 is 0 Å². The van der Waals surface area contributed by atoms with Crippen LogP contribution in [0.15, 0.2) is 0 Å². The van der Waals surface area contributed by atoms with E-state index in [1.54, 1.807) is 0 Å². The molecule has 0 aliphatic carbocycles. The van der Waals surface area contributed by atoms with Gasteiger partial charge in [0.25, 0.3) is 0 Å². The molecule has 0 fully saturated rings. The summed E-state index contributed by atoms with van der Waals surface area (Å²) in [5.41, 5.74) is 0. The summed E-state index contributed by atoms with van der Waals surface area (Å²) < 4.78 is 0. The molecule has 32 heavy (non-hydrogen) atoms. The zero-order valence-corrected chi connectivity index (χ0v) is 22.9. The van der Waals surface area contributed by atoms with Crippen molar-refractivity contribution in [2.75, 3.05) is 20.6 Å². The van der Waals surface area contributed by atoms with Gasteiger partial charge in [0.05, 0.1) is 6.10 Å². The van der Waals surface area contributed by atoms with Gasteiger partial charge in [0.15, 0.2) is 0 Å². The Morgan fingerprint density at radius 1 is 0.438 bits per heavy atom. The summed E-state index contributed by atoms with van der Waals surface area (Å²) in [5.74, 6) is 0. The number of hydrogen-bond donors (Lipinski definition) is 1. The van der Waals surface area contributed by atoms with E-state index in [1.165, 1.54) is 154 Å². The molecule has 0 aliphatic heterocycles. The molecule has 0 aromatic rings. The Morgan fingerprint density at radius 2 is 0.688 bits per heavy atom. The third-order valence-corrected chi connectivity index (χ3v) is 6.97. The average molecular weight is 454 g/mol. The van der Waals surface area contributed by atoms with Gasteiger partial charge in [-0.15, -0.1) is 0 Å². The van der Waals surface area contributed by atoms with Crippen LogP contribution in [0.25, 0.3) is 0 Å². The quantitative estimate of drug-likeness (QED) is 0.125. The largest absolute Gasteiger partial charge is 0.392 e. The first kappa shape index (κ1) is 31.9. The van der Waals surface area contributed by atoms with E-state index in [0.29, 0.717) is 0 Å². The first-order valence-electron chi connectivity index (χ1n) is 15.0. The lowest BCUT2D eigenvalue weighted by Gasteiger charge is -2.15. The molecule has 1 unspecified atom stereocenters. The first-order valence-corrected chi connectivity index (χ1v) is 15.0. The van der Waals surface area contributed by atoms with Crippen LogP contribution in [0.1, 0.15) is 167 Å². The molecule has 0 amide bonds. The maximum Gasteiger partial charge on any atom is 0.0666 e. The number of aliphatic hydroxyl groups excluding tert-OH is 1. The van der Waals surface area contributed by atoms with Crippen molar-refractivity contribution >= 4 is 0 Å². The number of hydrogen-bond acceptors (Lipinski definition) is 2. The fraction of sp³-hybridized carbons (Fsp3) is 1.00. The van der Waals surface area contributed by atoms with Gasteiger partial charge in [0, 0.05) is 6.54 Å². The SMILES string of the molecule is CCCCCCCCCCCCCCCCCCCCCCCCCCC(O)CN(C)C. The predicted octanol–water partition coefficient (Wildman–Crippen LogP) is 9.68. The van der Waals surface area contributed by atoms with Gasteiger partial charge >= 0.3 is 0 Å². The number of aliphatic hydroxyl groups is 1. The summed E-state index contributed by atoms with van der Waals surface area (Å²) in [6.45, 7) is 3.10. The Labute approximate surface area is 204 Å². The number of likely N-dealkylation sites (N-methyl/N-ethyl adjacent to an activating group) is 1. The molecule has 2 heteroatoms. The molecular formula is C30H63NO. The highest BCUT2D eigenvalue weighted by Crippen LogP contribution is 2.16. The van der Waals surface area contributed by atoms with E-state index in [4.69, 9.17) is 0 Å². The normalized spacial score (nSPS) is 12.7. The minimum atomic E-state index is -0.135. The van der Waals surface area contributed by atoms with Crippen molar-refractivity contribution in [2.24, 2.45) is 0 Å². The summed E-state index contributed by atoms with van der Waals surface area (Å²) in [5, 5.41) is 9.86. The van der Waals surface area contributed by atoms with Gasteiger partial charge in [-0.1, -0.05) is 161 Å². The van der Waals surface area contributed by atoms with Crippen LogP contribution in [0.4, 0.5) is 0 Å². The molecule has 0 rings (SSSR count). The molecule has 0 radical (unpaired) electrons. The van der Waals surface area contributed by atoms with Crippen LogP contribution in [0.5, 0.6) is 0 Å². The van der Waals surface area contributed by atoms with Crippen LogP contribution in [-0.2, 0) is 0 Å². The van der Waals surface area contributed by atoms with Crippen molar-refractivity contribution in [3.8, 4) is 0 Å². The van der Waals surface area contributed by atoms with Gasteiger partial charge < -0.3 is 10.0 Å². The van der Waals surface area contributed by atoms with Gasteiger partial charge in [-0.25, -0.2) is 0 Å². The van der Waals surface area contributed by atoms with Crippen LogP contribution < -0.4 is 0 Å². The Balaban J connectivity index is 3.05. The molecule has 194 valence electrons. The zero-order valence-electron chi connectivity index (χ0n) is 22.9. The van der Waals surface area contributed by atoms with E-state index in [0.717, 1.165) is 13.0 Å². The van der Waals surface area contributed by atoms with E-state index in [-0.39, 0.29) is 6.10 Å². The van der Waals surface area contributed by atoms with Crippen molar-refractivity contribution in [3.05, 3.63) is 0 Å².